The van der Waals surface area contributed by atoms with Crippen LogP contribution in [0.25, 0.3) is 0 Å². The van der Waals surface area contributed by atoms with Crippen LogP contribution in [-0.2, 0) is 19.6 Å². The van der Waals surface area contributed by atoms with E-state index >= 15 is 0 Å². The molecule has 4 rings (SSSR count). The largest absolute Gasteiger partial charge is 0.497 e. The van der Waals surface area contributed by atoms with E-state index in [9.17, 15) is 4.79 Å². The molecule has 2 amide bonds. The fourth-order valence-corrected chi connectivity index (χ4v) is 4.12. The molecule has 8 nitrogen and oxygen atoms in total. The minimum Gasteiger partial charge on any atom is -0.497 e. The molecule has 0 spiro atoms. The minimum absolute atomic E-state index is 0.0932. The summed E-state index contributed by atoms with van der Waals surface area (Å²) < 4.78 is 7.36. The number of nitriles is 1. The molecule has 2 heterocycles. The van der Waals surface area contributed by atoms with Gasteiger partial charge in [0.1, 0.15) is 5.75 Å². The fraction of sp³-hybridized carbons (Fsp3) is 0.320. The molecule has 1 aromatic heterocycles. The van der Waals surface area contributed by atoms with Crippen molar-refractivity contribution in [2.75, 3.05) is 33.3 Å². The Morgan fingerprint density at radius 2 is 1.91 bits per heavy atom. The molecular formula is C25H27ClN6O2. The summed E-state index contributed by atoms with van der Waals surface area (Å²) in [6.07, 6.45) is 3.72. The number of carbonyl (C=O) groups excluding carboxylic acids is 1. The van der Waals surface area contributed by atoms with Crippen molar-refractivity contribution >= 4 is 17.6 Å². The Labute approximate surface area is 204 Å². The second-order valence-electron chi connectivity index (χ2n) is 8.20. The number of nitrogens with zero attached hydrogens (tertiary/aromatic N) is 5. The molecule has 176 valence electrons. The highest BCUT2D eigenvalue weighted by Crippen LogP contribution is 2.22. The van der Waals surface area contributed by atoms with E-state index in [1.54, 1.807) is 19.2 Å². The number of methoxy groups -OCH3 is 1. The van der Waals surface area contributed by atoms with Gasteiger partial charge in [-0.25, -0.2) is 9.78 Å². The number of nitrogens with one attached hydrogen (secondary N) is 1. The highest BCUT2D eigenvalue weighted by molar-refractivity contribution is 6.31. The number of urea groups is 1. The number of hydrogen-bond donors (Lipinski definition) is 1. The maximum atomic E-state index is 12.7. The molecule has 1 aliphatic rings. The monoisotopic (exact) mass is 478 g/mol. The van der Waals surface area contributed by atoms with Crippen LogP contribution >= 0.6 is 11.6 Å². The molecule has 0 radical (unpaired) electrons. The number of carbonyl (C=O) groups is 1. The summed E-state index contributed by atoms with van der Waals surface area (Å²) in [5.41, 5.74) is 3.72. The summed E-state index contributed by atoms with van der Waals surface area (Å²) in [7, 11) is 1.60. The summed E-state index contributed by atoms with van der Waals surface area (Å²) in [4.78, 5) is 21.1. The number of amides is 2. The van der Waals surface area contributed by atoms with Gasteiger partial charge in [-0.3, -0.25) is 4.90 Å². The first kappa shape index (κ1) is 23.6. The maximum Gasteiger partial charge on any atom is 0.317 e. The number of aromatic nitrogens is 2. The van der Waals surface area contributed by atoms with Gasteiger partial charge in [0, 0.05) is 57.0 Å². The second kappa shape index (κ2) is 11.1. The molecule has 9 heteroatoms. The zero-order chi connectivity index (χ0) is 23.9. The summed E-state index contributed by atoms with van der Waals surface area (Å²) in [5.74, 6) is 0.709. The lowest BCUT2D eigenvalue weighted by Gasteiger charge is -2.34. The Balaban J connectivity index is 1.26. The highest BCUT2D eigenvalue weighted by Gasteiger charge is 2.22. The lowest BCUT2D eigenvalue weighted by molar-refractivity contribution is 0.133. The summed E-state index contributed by atoms with van der Waals surface area (Å²) in [6.45, 7) is 4.71. The van der Waals surface area contributed by atoms with E-state index in [1.165, 1.54) is 0 Å². The van der Waals surface area contributed by atoms with E-state index in [-0.39, 0.29) is 6.03 Å². The Bertz CT molecular complexity index is 1160. The van der Waals surface area contributed by atoms with Crippen LogP contribution in [0, 0.1) is 11.3 Å². The van der Waals surface area contributed by atoms with E-state index in [0.29, 0.717) is 42.5 Å². The molecule has 0 bridgehead atoms. The average molecular weight is 479 g/mol. The maximum absolute atomic E-state index is 12.7. The number of piperazine rings is 1. The van der Waals surface area contributed by atoms with E-state index in [2.05, 4.69) is 25.8 Å². The molecular weight excluding hydrogens is 452 g/mol. The van der Waals surface area contributed by atoms with Crippen LogP contribution in [0.3, 0.4) is 0 Å². The zero-order valence-corrected chi connectivity index (χ0v) is 19.8. The quantitative estimate of drug-likeness (QED) is 0.561. The van der Waals surface area contributed by atoms with E-state index in [1.807, 2.05) is 47.8 Å². The third kappa shape index (κ3) is 5.87. The lowest BCUT2D eigenvalue weighted by atomic mass is 10.1. The average Bonchev–Trinajstić information content (AvgIpc) is 3.30. The molecule has 1 saturated heterocycles. The number of rotatable bonds is 7. The first-order valence-corrected chi connectivity index (χ1v) is 11.5. The van der Waals surface area contributed by atoms with Crippen molar-refractivity contribution in [3.8, 4) is 11.8 Å². The van der Waals surface area contributed by atoms with E-state index < -0.39 is 0 Å². The summed E-state index contributed by atoms with van der Waals surface area (Å²) in [6, 6.07) is 15.1. The standard InChI is InChI=1S/C25H27ClN6O2/c1-34-23-6-7-24(26)21(12-23)14-29-25(33)31-10-8-30(9-11-31)17-22-15-28-18-32(22)16-20-4-2-19(13-27)3-5-20/h2-7,12,15,18H,8-11,14,16-17H2,1H3,(H,29,33). The number of benzene rings is 2. The van der Waals surface area contributed by atoms with Crippen LogP contribution in [0.5, 0.6) is 5.75 Å². The first-order chi connectivity index (χ1) is 16.6. The van der Waals surface area contributed by atoms with Crippen molar-refractivity contribution in [3.05, 3.63) is 82.4 Å². The van der Waals surface area contributed by atoms with Crippen LogP contribution in [0.4, 0.5) is 4.79 Å². The third-order valence-corrected chi connectivity index (χ3v) is 6.33. The molecule has 0 aliphatic carbocycles. The van der Waals surface area contributed by atoms with Gasteiger partial charge in [0.25, 0.3) is 0 Å². The van der Waals surface area contributed by atoms with Gasteiger partial charge in [-0.1, -0.05) is 23.7 Å². The molecule has 0 unspecified atom stereocenters. The SMILES string of the molecule is COc1ccc(Cl)c(CNC(=O)N2CCN(Cc3cncn3Cc3ccc(C#N)cc3)CC2)c1. The normalized spacial score (nSPS) is 14.0. The first-order valence-electron chi connectivity index (χ1n) is 11.1. The van der Waals surface area contributed by atoms with Crippen LogP contribution in [0.15, 0.2) is 55.0 Å². The fourth-order valence-electron chi connectivity index (χ4n) is 3.94. The van der Waals surface area contributed by atoms with Gasteiger partial charge in [-0.15, -0.1) is 0 Å². The number of halogens is 1. The topological polar surface area (TPSA) is 86.4 Å². The number of hydrogen-bond acceptors (Lipinski definition) is 5. The predicted molar refractivity (Wildman–Crippen MR) is 130 cm³/mol. The Morgan fingerprint density at radius 1 is 1.15 bits per heavy atom. The van der Waals surface area contributed by atoms with Gasteiger partial charge < -0.3 is 19.5 Å². The molecule has 3 aromatic rings. The van der Waals surface area contributed by atoms with Crippen LogP contribution in [0.2, 0.25) is 5.02 Å². The Hall–Kier alpha value is -3.54. The third-order valence-electron chi connectivity index (χ3n) is 5.96. The van der Waals surface area contributed by atoms with E-state index in [0.717, 1.165) is 36.5 Å². The van der Waals surface area contributed by atoms with Gasteiger partial charge in [-0.2, -0.15) is 5.26 Å². The molecule has 1 fully saturated rings. The Kier molecular flexibility index (Phi) is 7.68. The van der Waals surface area contributed by atoms with Gasteiger partial charge >= 0.3 is 6.03 Å². The second-order valence-corrected chi connectivity index (χ2v) is 8.61. The lowest BCUT2D eigenvalue weighted by Crippen LogP contribution is -2.51. The van der Waals surface area contributed by atoms with Crippen molar-refractivity contribution < 1.29 is 9.53 Å². The van der Waals surface area contributed by atoms with Crippen molar-refractivity contribution in [1.82, 2.24) is 24.7 Å². The van der Waals surface area contributed by atoms with Gasteiger partial charge in [0.2, 0.25) is 0 Å². The highest BCUT2D eigenvalue weighted by atomic mass is 35.5. The molecule has 0 atom stereocenters. The van der Waals surface area contributed by atoms with Crippen molar-refractivity contribution in [2.24, 2.45) is 0 Å². The van der Waals surface area contributed by atoms with Gasteiger partial charge in [-0.05, 0) is 41.5 Å². The van der Waals surface area contributed by atoms with E-state index in [4.69, 9.17) is 21.6 Å². The minimum atomic E-state index is -0.0932. The zero-order valence-electron chi connectivity index (χ0n) is 19.1. The van der Waals surface area contributed by atoms with Gasteiger partial charge in [0.05, 0.1) is 30.8 Å². The van der Waals surface area contributed by atoms with Crippen LogP contribution in [-0.4, -0.2) is 58.7 Å². The molecule has 1 N–H and O–H groups in total. The van der Waals surface area contributed by atoms with Crippen LogP contribution < -0.4 is 10.1 Å². The van der Waals surface area contributed by atoms with Crippen molar-refractivity contribution in [2.45, 2.75) is 19.6 Å². The Morgan fingerprint density at radius 3 is 2.62 bits per heavy atom. The predicted octanol–water partition coefficient (Wildman–Crippen LogP) is 3.49. The molecule has 1 aliphatic heterocycles. The molecule has 2 aromatic carbocycles. The number of ether oxygens (including phenoxy) is 1. The van der Waals surface area contributed by atoms with Gasteiger partial charge in [0.15, 0.2) is 0 Å². The summed E-state index contributed by atoms with van der Waals surface area (Å²) in [5, 5.41) is 12.5. The number of imidazole rings is 1. The van der Waals surface area contributed by atoms with Crippen molar-refractivity contribution in [1.29, 1.82) is 5.26 Å². The van der Waals surface area contributed by atoms with Crippen molar-refractivity contribution in [3.63, 3.8) is 0 Å². The van der Waals surface area contributed by atoms with Crippen LogP contribution in [0.1, 0.15) is 22.4 Å². The summed E-state index contributed by atoms with van der Waals surface area (Å²) >= 11 is 6.24. The molecule has 34 heavy (non-hydrogen) atoms. The smallest absolute Gasteiger partial charge is 0.317 e. The molecule has 0 saturated carbocycles.